The summed E-state index contributed by atoms with van der Waals surface area (Å²) in [4.78, 5) is 22.6. The van der Waals surface area contributed by atoms with E-state index in [2.05, 4.69) is 35.9 Å². The Balaban J connectivity index is 1.89. The highest BCUT2D eigenvalue weighted by molar-refractivity contribution is 6.33. The molecule has 3 rings (SSSR count). The molecule has 0 N–H and O–H groups in total. The van der Waals surface area contributed by atoms with E-state index in [0.717, 1.165) is 6.42 Å². The second kappa shape index (κ2) is 6.05. The van der Waals surface area contributed by atoms with Crippen LogP contribution in [0.2, 0.25) is 5.02 Å². The Kier molecular flexibility index (Phi) is 4.12. The number of hydrogen-bond acceptors (Lipinski definition) is 3. The van der Waals surface area contributed by atoms with Gasteiger partial charge < -0.3 is 4.90 Å². The van der Waals surface area contributed by atoms with Gasteiger partial charge in [-0.05, 0) is 25.8 Å². The zero-order valence-corrected chi connectivity index (χ0v) is 13.4. The van der Waals surface area contributed by atoms with E-state index in [1.807, 2.05) is 23.1 Å². The Morgan fingerprint density at radius 1 is 1.27 bits per heavy atom. The smallest absolute Gasteiger partial charge is 0.274 e. The third-order valence-corrected chi connectivity index (χ3v) is 4.70. The van der Waals surface area contributed by atoms with Crippen molar-refractivity contribution >= 4 is 17.5 Å². The van der Waals surface area contributed by atoms with Crippen LogP contribution in [0, 0.1) is 0 Å². The van der Waals surface area contributed by atoms with Crippen LogP contribution in [0.15, 0.2) is 42.9 Å². The molecule has 0 unspecified atom stereocenters. The number of carbonyl (C=O) groups excluding carboxylic acids is 1. The highest BCUT2D eigenvalue weighted by Gasteiger charge is 2.40. The first-order chi connectivity index (χ1) is 10.6. The minimum absolute atomic E-state index is 0.107. The fourth-order valence-electron chi connectivity index (χ4n) is 3.37. The number of nitrogens with zero attached hydrogens (tertiary/aromatic N) is 3. The fourth-order valence-corrected chi connectivity index (χ4v) is 3.55. The van der Waals surface area contributed by atoms with Crippen molar-refractivity contribution in [1.82, 2.24) is 14.9 Å². The van der Waals surface area contributed by atoms with Crippen molar-refractivity contribution in [3.05, 3.63) is 59.1 Å². The van der Waals surface area contributed by atoms with E-state index >= 15 is 0 Å². The minimum Gasteiger partial charge on any atom is -0.331 e. The number of benzene rings is 1. The van der Waals surface area contributed by atoms with Gasteiger partial charge in [0, 0.05) is 24.2 Å². The van der Waals surface area contributed by atoms with Crippen LogP contribution in [0.25, 0.3) is 0 Å². The summed E-state index contributed by atoms with van der Waals surface area (Å²) >= 11 is 6.07. The molecule has 1 aliphatic rings. The first kappa shape index (κ1) is 15.0. The molecule has 1 aromatic heterocycles. The van der Waals surface area contributed by atoms with Crippen molar-refractivity contribution < 1.29 is 4.79 Å². The van der Waals surface area contributed by atoms with Crippen molar-refractivity contribution in [3.63, 3.8) is 0 Å². The van der Waals surface area contributed by atoms with Gasteiger partial charge in [0.05, 0.1) is 5.02 Å². The predicted octanol–water partition coefficient (Wildman–Crippen LogP) is 3.54. The zero-order valence-electron chi connectivity index (χ0n) is 12.6. The van der Waals surface area contributed by atoms with Gasteiger partial charge in [-0.3, -0.25) is 4.79 Å². The molecule has 5 heteroatoms. The monoisotopic (exact) mass is 315 g/mol. The molecule has 1 saturated heterocycles. The maximum absolute atomic E-state index is 12.8. The molecular weight excluding hydrogens is 298 g/mol. The number of rotatable bonds is 2. The Bertz CT molecular complexity index is 677. The summed E-state index contributed by atoms with van der Waals surface area (Å²) in [6, 6.07) is 10.6. The van der Waals surface area contributed by atoms with Gasteiger partial charge in [0.1, 0.15) is 12.0 Å². The lowest BCUT2D eigenvalue weighted by molar-refractivity contribution is 0.0682. The van der Waals surface area contributed by atoms with Gasteiger partial charge in [-0.15, -0.1) is 0 Å². The number of halogens is 1. The summed E-state index contributed by atoms with van der Waals surface area (Å²) < 4.78 is 0. The second-order valence-corrected chi connectivity index (χ2v) is 6.18. The molecule has 22 heavy (non-hydrogen) atoms. The van der Waals surface area contributed by atoms with Crippen LogP contribution in [0.1, 0.15) is 42.2 Å². The molecule has 0 radical (unpaired) electrons. The number of hydrogen-bond donors (Lipinski definition) is 0. The number of carbonyl (C=O) groups is 1. The van der Waals surface area contributed by atoms with E-state index in [-0.39, 0.29) is 23.7 Å². The van der Waals surface area contributed by atoms with Crippen LogP contribution in [-0.4, -0.2) is 32.9 Å². The maximum atomic E-state index is 12.8. The fraction of sp³-hybridized carbons (Fsp3) is 0.353. The number of likely N-dealkylation sites (tertiary alicyclic amines) is 1. The molecular formula is C17H18ClN3O. The molecule has 2 heterocycles. The molecule has 1 amide bonds. The van der Waals surface area contributed by atoms with E-state index in [0.29, 0.717) is 10.9 Å². The van der Waals surface area contributed by atoms with E-state index < -0.39 is 0 Å². The SMILES string of the molecule is C[C@@H]1C[C@@H](c2ccccc2)[C@@H](C)N1C(=O)c1ncncc1Cl. The first-order valence-electron chi connectivity index (χ1n) is 7.42. The molecule has 0 aliphatic carbocycles. The van der Waals surface area contributed by atoms with Crippen LogP contribution < -0.4 is 0 Å². The second-order valence-electron chi connectivity index (χ2n) is 5.77. The van der Waals surface area contributed by atoms with Crippen molar-refractivity contribution in [2.24, 2.45) is 0 Å². The van der Waals surface area contributed by atoms with Gasteiger partial charge in [-0.2, -0.15) is 0 Å². The summed E-state index contributed by atoms with van der Waals surface area (Å²) in [7, 11) is 0. The Labute approximate surface area is 135 Å². The van der Waals surface area contributed by atoms with Gasteiger partial charge >= 0.3 is 0 Å². The first-order valence-corrected chi connectivity index (χ1v) is 7.80. The maximum Gasteiger partial charge on any atom is 0.274 e. The van der Waals surface area contributed by atoms with Crippen LogP contribution in [-0.2, 0) is 0 Å². The number of amides is 1. The molecule has 2 aromatic rings. The lowest BCUT2D eigenvalue weighted by atomic mass is 9.92. The van der Waals surface area contributed by atoms with Crippen molar-refractivity contribution in [2.75, 3.05) is 0 Å². The summed E-state index contributed by atoms with van der Waals surface area (Å²) in [5.41, 5.74) is 1.55. The lowest BCUT2D eigenvalue weighted by Crippen LogP contribution is -2.40. The zero-order chi connectivity index (χ0) is 15.7. The summed E-state index contributed by atoms with van der Waals surface area (Å²) in [5.74, 6) is 0.214. The summed E-state index contributed by atoms with van der Waals surface area (Å²) in [5, 5.41) is 0.301. The molecule has 0 spiro atoms. The Morgan fingerprint density at radius 3 is 2.68 bits per heavy atom. The lowest BCUT2D eigenvalue weighted by Gasteiger charge is -2.27. The molecule has 114 valence electrons. The normalized spacial score (nSPS) is 24.5. The largest absolute Gasteiger partial charge is 0.331 e. The van der Waals surface area contributed by atoms with E-state index in [9.17, 15) is 4.79 Å². The molecule has 1 aliphatic heterocycles. The Hall–Kier alpha value is -1.94. The summed E-state index contributed by atoms with van der Waals surface area (Å²) in [6.07, 6.45) is 3.76. The van der Waals surface area contributed by atoms with Gasteiger partial charge in [0.15, 0.2) is 0 Å². The Morgan fingerprint density at radius 2 is 2.00 bits per heavy atom. The van der Waals surface area contributed by atoms with E-state index in [1.54, 1.807) is 0 Å². The molecule has 1 aromatic carbocycles. The van der Waals surface area contributed by atoms with Crippen molar-refractivity contribution in [3.8, 4) is 0 Å². The van der Waals surface area contributed by atoms with E-state index in [4.69, 9.17) is 11.6 Å². The van der Waals surface area contributed by atoms with Crippen molar-refractivity contribution in [2.45, 2.75) is 38.3 Å². The average Bonchev–Trinajstić information content (AvgIpc) is 2.83. The predicted molar refractivity (Wildman–Crippen MR) is 85.9 cm³/mol. The van der Waals surface area contributed by atoms with Gasteiger partial charge in [0.2, 0.25) is 0 Å². The number of aromatic nitrogens is 2. The van der Waals surface area contributed by atoms with Crippen LogP contribution in [0.5, 0.6) is 0 Å². The molecule has 4 nitrogen and oxygen atoms in total. The topological polar surface area (TPSA) is 46.1 Å². The van der Waals surface area contributed by atoms with Gasteiger partial charge in [0.25, 0.3) is 5.91 Å². The van der Waals surface area contributed by atoms with Gasteiger partial charge in [-0.25, -0.2) is 9.97 Å². The van der Waals surface area contributed by atoms with E-state index in [1.165, 1.54) is 18.1 Å². The minimum atomic E-state index is -0.120. The van der Waals surface area contributed by atoms with Crippen molar-refractivity contribution in [1.29, 1.82) is 0 Å². The molecule has 3 atom stereocenters. The molecule has 0 saturated carbocycles. The third kappa shape index (κ3) is 2.59. The highest BCUT2D eigenvalue weighted by Crippen LogP contribution is 2.38. The highest BCUT2D eigenvalue weighted by atomic mass is 35.5. The van der Waals surface area contributed by atoms with Crippen LogP contribution in [0.3, 0.4) is 0 Å². The third-order valence-electron chi connectivity index (χ3n) is 4.42. The van der Waals surface area contributed by atoms with Gasteiger partial charge in [-0.1, -0.05) is 41.9 Å². The average molecular weight is 316 g/mol. The standard InChI is InChI=1S/C17H18ClN3O/c1-11-8-14(13-6-4-3-5-7-13)12(2)21(11)17(22)16-15(18)9-19-10-20-16/h3-7,9-12,14H,8H2,1-2H3/t11-,12-,14-/m1/s1. The summed E-state index contributed by atoms with van der Waals surface area (Å²) in [6.45, 7) is 4.17. The molecule has 1 fully saturated rings. The quantitative estimate of drug-likeness (QED) is 0.851. The van der Waals surface area contributed by atoms with Crippen LogP contribution >= 0.6 is 11.6 Å². The van der Waals surface area contributed by atoms with Crippen LogP contribution in [0.4, 0.5) is 0 Å². The molecule has 0 bridgehead atoms.